The SMILES string of the molecule is CCC(C(=O)NC(C)(C)C)N(Cc1ccc(C)cc1)C(=O)CN(c1ccccc1OC)S(=O)(=O)c1ccccc1. The molecule has 214 valence electrons. The van der Waals surface area contributed by atoms with E-state index in [9.17, 15) is 18.0 Å². The normalized spacial score (nSPS) is 12.3. The first kappa shape index (κ1) is 30.7. The van der Waals surface area contributed by atoms with Crippen LogP contribution in [0.15, 0.2) is 83.8 Å². The molecule has 3 aromatic carbocycles. The van der Waals surface area contributed by atoms with E-state index >= 15 is 0 Å². The van der Waals surface area contributed by atoms with Crippen LogP contribution in [0.3, 0.4) is 0 Å². The molecule has 0 aliphatic carbocycles. The first-order chi connectivity index (χ1) is 18.9. The summed E-state index contributed by atoms with van der Waals surface area (Å²) >= 11 is 0. The van der Waals surface area contributed by atoms with Crippen molar-refractivity contribution in [2.24, 2.45) is 0 Å². The van der Waals surface area contributed by atoms with E-state index in [4.69, 9.17) is 4.74 Å². The summed E-state index contributed by atoms with van der Waals surface area (Å²) in [4.78, 5) is 29.0. The molecule has 0 heterocycles. The van der Waals surface area contributed by atoms with Gasteiger partial charge in [0.05, 0.1) is 17.7 Å². The Bertz CT molecular complexity index is 1400. The lowest BCUT2D eigenvalue weighted by Gasteiger charge is -2.35. The van der Waals surface area contributed by atoms with E-state index < -0.39 is 34.1 Å². The highest BCUT2D eigenvalue weighted by Crippen LogP contribution is 2.32. The summed E-state index contributed by atoms with van der Waals surface area (Å²) in [6.45, 7) is 9.04. The number of nitrogens with zero attached hydrogens (tertiary/aromatic N) is 2. The summed E-state index contributed by atoms with van der Waals surface area (Å²) in [7, 11) is -2.72. The van der Waals surface area contributed by atoms with Crippen LogP contribution >= 0.6 is 0 Å². The molecule has 0 aliphatic rings. The molecule has 0 aromatic heterocycles. The predicted octanol–water partition coefficient (Wildman–Crippen LogP) is 4.92. The molecule has 2 amide bonds. The molecule has 40 heavy (non-hydrogen) atoms. The van der Waals surface area contributed by atoms with Gasteiger partial charge >= 0.3 is 0 Å². The van der Waals surface area contributed by atoms with Crippen LogP contribution in [0, 0.1) is 6.92 Å². The first-order valence-electron chi connectivity index (χ1n) is 13.2. The Morgan fingerprint density at radius 1 is 0.925 bits per heavy atom. The lowest BCUT2D eigenvalue weighted by atomic mass is 10.1. The molecule has 1 N–H and O–H groups in total. The number of rotatable bonds is 11. The van der Waals surface area contributed by atoms with E-state index in [1.807, 2.05) is 58.9 Å². The minimum Gasteiger partial charge on any atom is -0.495 e. The van der Waals surface area contributed by atoms with Crippen molar-refractivity contribution in [1.29, 1.82) is 0 Å². The van der Waals surface area contributed by atoms with Gasteiger partial charge < -0.3 is 15.0 Å². The standard InChI is InChI=1S/C31H39N3O5S/c1-7-26(30(36)32-31(3,4)5)33(21-24-19-17-23(2)18-20-24)29(35)22-34(27-15-11-12-16-28(27)39-6)40(37,38)25-13-9-8-10-14-25/h8-20,26H,7,21-22H2,1-6H3,(H,32,36). The minimum atomic E-state index is -4.17. The number of benzene rings is 3. The maximum absolute atomic E-state index is 14.1. The number of hydrogen-bond acceptors (Lipinski definition) is 5. The summed E-state index contributed by atoms with van der Waals surface area (Å²) in [5, 5.41) is 2.98. The molecule has 1 unspecified atom stereocenters. The van der Waals surface area contributed by atoms with Crippen molar-refractivity contribution in [3.8, 4) is 5.75 Å². The van der Waals surface area contributed by atoms with Gasteiger partial charge in [-0.05, 0) is 63.9 Å². The van der Waals surface area contributed by atoms with Gasteiger partial charge in [-0.3, -0.25) is 13.9 Å². The quantitative estimate of drug-likeness (QED) is 0.356. The van der Waals surface area contributed by atoms with Gasteiger partial charge in [0.1, 0.15) is 18.3 Å². The fraction of sp³-hybridized carbons (Fsp3) is 0.355. The molecule has 0 aliphatic heterocycles. The molecule has 0 saturated heterocycles. The van der Waals surface area contributed by atoms with Crippen LogP contribution in [0.5, 0.6) is 5.75 Å². The van der Waals surface area contributed by atoms with E-state index in [1.54, 1.807) is 42.5 Å². The Labute approximate surface area is 238 Å². The molecular weight excluding hydrogens is 526 g/mol. The molecule has 0 saturated carbocycles. The fourth-order valence-electron chi connectivity index (χ4n) is 4.33. The molecule has 0 spiro atoms. The molecule has 0 fully saturated rings. The number of carbonyl (C=O) groups excluding carboxylic acids is 2. The van der Waals surface area contributed by atoms with Crippen LogP contribution in [0.4, 0.5) is 5.69 Å². The number of para-hydroxylation sites is 2. The van der Waals surface area contributed by atoms with E-state index in [2.05, 4.69) is 5.32 Å². The number of anilines is 1. The van der Waals surface area contributed by atoms with Gasteiger partial charge in [0.15, 0.2) is 0 Å². The van der Waals surface area contributed by atoms with Gasteiger partial charge in [0, 0.05) is 12.1 Å². The van der Waals surface area contributed by atoms with Crippen molar-refractivity contribution in [3.05, 3.63) is 90.0 Å². The third kappa shape index (κ3) is 7.63. The molecule has 8 nitrogen and oxygen atoms in total. The number of carbonyl (C=O) groups is 2. The van der Waals surface area contributed by atoms with Crippen LogP contribution in [-0.4, -0.2) is 50.4 Å². The van der Waals surface area contributed by atoms with Crippen LogP contribution in [-0.2, 0) is 26.2 Å². The Morgan fingerprint density at radius 3 is 2.10 bits per heavy atom. The second-order valence-electron chi connectivity index (χ2n) is 10.7. The maximum Gasteiger partial charge on any atom is 0.264 e. The zero-order valence-electron chi connectivity index (χ0n) is 24.0. The Hall–Kier alpha value is -3.85. The maximum atomic E-state index is 14.1. The first-order valence-corrected chi connectivity index (χ1v) is 14.7. The number of hydrogen-bond donors (Lipinski definition) is 1. The van der Waals surface area contributed by atoms with Crippen molar-refractivity contribution in [1.82, 2.24) is 10.2 Å². The number of amides is 2. The monoisotopic (exact) mass is 565 g/mol. The largest absolute Gasteiger partial charge is 0.495 e. The topological polar surface area (TPSA) is 96.0 Å². The van der Waals surface area contributed by atoms with Crippen molar-refractivity contribution in [3.63, 3.8) is 0 Å². The number of ether oxygens (including phenoxy) is 1. The number of methoxy groups -OCH3 is 1. The van der Waals surface area contributed by atoms with Gasteiger partial charge in [-0.1, -0.05) is 67.1 Å². The van der Waals surface area contributed by atoms with Crippen LogP contribution in [0.1, 0.15) is 45.2 Å². The molecule has 0 radical (unpaired) electrons. The summed E-state index contributed by atoms with van der Waals surface area (Å²) in [6, 6.07) is 21.5. The highest BCUT2D eigenvalue weighted by Gasteiger charge is 2.35. The van der Waals surface area contributed by atoms with E-state index in [-0.39, 0.29) is 23.0 Å². The van der Waals surface area contributed by atoms with Gasteiger partial charge in [-0.25, -0.2) is 8.42 Å². The molecular formula is C31H39N3O5S. The van der Waals surface area contributed by atoms with Gasteiger partial charge in [-0.15, -0.1) is 0 Å². The van der Waals surface area contributed by atoms with Crippen LogP contribution < -0.4 is 14.4 Å². The number of sulfonamides is 1. The van der Waals surface area contributed by atoms with Crippen LogP contribution in [0.25, 0.3) is 0 Å². The van der Waals surface area contributed by atoms with E-state index in [1.165, 1.54) is 24.1 Å². The van der Waals surface area contributed by atoms with Crippen molar-refractivity contribution >= 4 is 27.5 Å². The fourth-order valence-corrected chi connectivity index (χ4v) is 5.78. The molecule has 1 atom stereocenters. The van der Waals surface area contributed by atoms with Gasteiger partial charge in [-0.2, -0.15) is 0 Å². The summed E-state index contributed by atoms with van der Waals surface area (Å²) < 4.78 is 34.4. The number of aryl methyl sites for hydroxylation is 1. The summed E-state index contributed by atoms with van der Waals surface area (Å²) in [6.07, 6.45) is 0.347. The van der Waals surface area contributed by atoms with E-state index in [0.717, 1.165) is 15.4 Å². The average Bonchev–Trinajstić information content (AvgIpc) is 2.92. The Kier molecular flexibility index (Phi) is 9.98. The third-order valence-electron chi connectivity index (χ3n) is 6.32. The lowest BCUT2D eigenvalue weighted by Crippen LogP contribution is -2.55. The molecule has 0 bridgehead atoms. The third-order valence-corrected chi connectivity index (χ3v) is 8.10. The highest BCUT2D eigenvalue weighted by molar-refractivity contribution is 7.92. The van der Waals surface area contributed by atoms with Crippen molar-refractivity contribution in [2.45, 2.75) is 64.1 Å². The Balaban J connectivity index is 2.09. The van der Waals surface area contributed by atoms with Gasteiger partial charge in [0.2, 0.25) is 11.8 Å². The van der Waals surface area contributed by atoms with Crippen LogP contribution in [0.2, 0.25) is 0 Å². The predicted molar refractivity (Wildman–Crippen MR) is 158 cm³/mol. The minimum absolute atomic E-state index is 0.0382. The molecule has 3 aromatic rings. The van der Waals surface area contributed by atoms with Crippen molar-refractivity contribution < 1.29 is 22.7 Å². The summed E-state index contributed by atoms with van der Waals surface area (Å²) in [5.74, 6) is -0.510. The highest BCUT2D eigenvalue weighted by atomic mass is 32.2. The lowest BCUT2D eigenvalue weighted by molar-refractivity contribution is -0.141. The zero-order chi connectivity index (χ0) is 29.5. The zero-order valence-corrected chi connectivity index (χ0v) is 24.9. The smallest absolute Gasteiger partial charge is 0.264 e. The van der Waals surface area contributed by atoms with Crippen molar-refractivity contribution in [2.75, 3.05) is 18.0 Å². The van der Waals surface area contributed by atoms with Gasteiger partial charge in [0.25, 0.3) is 10.0 Å². The van der Waals surface area contributed by atoms with E-state index in [0.29, 0.717) is 12.2 Å². The molecule has 3 rings (SSSR count). The number of nitrogens with one attached hydrogen (secondary N) is 1. The average molecular weight is 566 g/mol. The second kappa shape index (κ2) is 13.0. The Morgan fingerprint density at radius 2 is 1.52 bits per heavy atom. The summed E-state index contributed by atoms with van der Waals surface area (Å²) in [5.41, 5.74) is 1.61. The molecule has 9 heteroatoms. The second-order valence-corrected chi connectivity index (χ2v) is 12.5.